The molecule has 3 heteroatoms. The van der Waals surface area contributed by atoms with E-state index in [1.54, 1.807) is 7.11 Å². The maximum atomic E-state index is 7.09. The zero-order valence-electron chi connectivity index (χ0n) is 19.2. The molecule has 3 nitrogen and oxygen atoms in total. The smallest absolute Gasteiger partial charge is 0.178 e. The maximum absolute atomic E-state index is 7.09. The Balaban J connectivity index is 1.57. The highest BCUT2D eigenvalue weighted by Crippen LogP contribution is 2.50. The Kier molecular flexibility index (Phi) is 4.27. The van der Waals surface area contributed by atoms with Crippen LogP contribution >= 0.6 is 0 Å². The van der Waals surface area contributed by atoms with Crippen molar-refractivity contribution in [2.75, 3.05) is 7.11 Å². The number of hydrogen-bond acceptors (Lipinski definition) is 3. The number of methoxy groups -OCH3 is 1. The van der Waals surface area contributed by atoms with Crippen LogP contribution in [0, 0.1) is 0 Å². The van der Waals surface area contributed by atoms with Crippen LogP contribution in [0.5, 0.6) is 11.5 Å². The molecule has 7 rings (SSSR count). The van der Waals surface area contributed by atoms with Crippen molar-refractivity contribution in [1.82, 2.24) is 0 Å². The van der Waals surface area contributed by atoms with Gasteiger partial charge in [0.15, 0.2) is 16.9 Å². The second kappa shape index (κ2) is 7.51. The van der Waals surface area contributed by atoms with Gasteiger partial charge in [0.25, 0.3) is 0 Å². The summed E-state index contributed by atoms with van der Waals surface area (Å²) in [5.41, 5.74) is 3.92. The highest BCUT2D eigenvalue weighted by atomic mass is 16.5. The van der Waals surface area contributed by atoms with Crippen molar-refractivity contribution in [3.8, 4) is 11.5 Å². The van der Waals surface area contributed by atoms with Crippen molar-refractivity contribution in [2.45, 2.75) is 5.60 Å². The first-order chi connectivity index (χ1) is 17.3. The van der Waals surface area contributed by atoms with Crippen molar-refractivity contribution in [1.29, 1.82) is 0 Å². The maximum Gasteiger partial charge on any atom is 0.178 e. The van der Waals surface area contributed by atoms with Crippen molar-refractivity contribution >= 4 is 38.8 Å². The summed E-state index contributed by atoms with van der Waals surface area (Å²) in [4.78, 5) is 0. The van der Waals surface area contributed by atoms with Crippen molar-refractivity contribution in [3.63, 3.8) is 0 Å². The van der Waals surface area contributed by atoms with Gasteiger partial charge in [-0.05, 0) is 41.1 Å². The van der Waals surface area contributed by atoms with Crippen LogP contribution in [0.1, 0.15) is 16.7 Å². The van der Waals surface area contributed by atoms with E-state index >= 15 is 0 Å². The Morgan fingerprint density at radius 2 is 1.31 bits per heavy atom. The largest absolute Gasteiger partial charge is 0.497 e. The Morgan fingerprint density at radius 3 is 2.09 bits per heavy atom. The monoisotopic (exact) mass is 454 g/mol. The molecule has 0 N–H and O–H groups in total. The minimum absolute atomic E-state index is 0.761. The van der Waals surface area contributed by atoms with E-state index in [1.165, 1.54) is 0 Å². The van der Waals surface area contributed by atoms with Crippen LogP contribution in [0.3, 0.4) is 0 Å². The lowest BCUT2D eigenvalue weighted by Gasteiger charge is -2.36. The third kappa shape index (κ3) is 2.85. The molecule has 0 saturated carbocycles. The topological polar surface area (TPSA) is 31.6 Å². The fourth-order valence-electron chi connectivity index (χ4n) is 5.32. The SMILES string of the molecule is COc1ccc(C2(c3ccccc3)C=Cc3c(c4oc5ccccc5c4c4ccccc34)O2)cc1. The molecule has 0 radical (unpaired) electrons. The highest BCUT2D eigenvalue weighted by molar-refractivity contribution is 6.22. The first-order valence-corrected chi connectivity index (χ1v) is 11.7. The third-order valence-electron chi connectivity index (χ3n) is 7.00. The molecule has 0 saturated heterocycles. The summed E-state index contributed by atoms with van der Waals surface area (Å²) in [5.74, 6) is 1.57. The van der Waals surface area contributed by atoms with Gasteiger partial charge < -0.3 is 13.9 Å². The van der Waals surface area contributed by atoms with E-state index in [1.807, 2.05) is 42.5 Å². The zero-order chi connectivity index (χ0) is 23.4. The van der Waals surface area contributed by atoms with E-state index in [9.17, 15) is 0 Å². The molecule has 1 unspecified atom stereocenters. The van der Waals surface area contributed by atoms with Gasteiger partial charge in [0, 0.05) is 27.5 Å². The van der Waals surface area contributed by atoms with Crippen molar-refractivity contribution in [3.05, 3.63) is 126 Å². The number of fused-ring (bicyclic) bond motifs is 8. The number of hydrogen-bond donors (Lipinski definition) is 0. The predicted octanol–water partition coefficient (Wildman–Crippen LogP) is 8.10. The first-order valence-electron chi connectivity index (χ1n) is 11.7. The average Bonchev–Trinajstić information content (AvgIpc) is 3.34. The normalized spacial score (nSPS) is 16.9. The Hall–Kier alpha value is -4.50. The van der Waals surface area contributed by atoms with Crippen LogP contribution in [0.25, 0.3) is 38.8 Å². The van der Waals surface area contributed by atoms with Gasteiger partial charge in [-0.3, -0.25) is 0 Å². The molecule has 35 heavy (non-hydrogen) atoms. The minimum atomic E-state index is -0.811. The fraction of sp³-hybridized carbons (Fsp3) is 0.0625. The predicted molar refractivity (Wildman–Crippen MR) is 141 cm³/mol. The molecule has 1 aromatic heterocycles. The number of para-hydroxylation sites is 1. The molecule has 0 spiro atoms. The third-order valence-corrected chi connectivity index (χ3v) is 7.00. The fourth-order valence-corrected chi connectivity index (χ4v) is 5.32. The second-order valence-electron chi connectivity index (χ2n) is 8.86. The Labute approximate surface area is 202 Å². The number of rotatable bonds is 3. The zero-order valence-corrected chi connectivity index (χ0v) is 19.2. The van der Waals surface area contributed by atoms with Crippen LogP contribution in [0.15, 0.2) is 114 Å². The van der Waals surface area contributed by atoms with Crippen LogP contribution < -0.4 is 9.47 Å². The lowest BCUT2D eigenvalue weighted by atomic mass is 9.83. The average molecular weight is 455 g/mol. The lowest BCUT2D eigenvalue weighted by Crippen LogP contribution is -2.34. The van der Waals surface area contributed by atoms with Crippen molar-refractivity contribution < 1.29 is 13.9 Å². The van der Waals surface area contributed by atoms with Crippen LogP contribution in [0.2, 0.25) is 0 Å². The highest BCUT2D eigenvalue weighted by Gasteiger charge is 2.39. The van der Waals surface area contributed by atoms with E-state index in [2.05, 4.69) is 72.8 Å². The van der Waals surface area contributed by atoms with E-state index in [0.717, 1.165) is 60.9 Å². The molecule has 1 aliphatic rings. The second-order valence-corrected chi connectivity index (χ2v) is 8.86. The van der Waals surface area contributed by atoms with Gasteiger partial charge in [0.1, 0.15) is 11.3 Å². The number of furan rings is 1. The van der Waals surface area contributed by atoms with Gasteiger partial charge in [-0.25, -0.2) is 0 Å². The summed E-state index contributed by atoms with van der Waals surface area (Å²) in [6.07, 6.45) is 4.35. The lowest BCUT2D eigenvalue weighted by molar-refractivity contribution is 0.162. The van der Waals surface area contributed by atoms with Gasteiger partial charge in [-0.15, -0.1) is 0 Å². The van der Waals surface area contributed by atoms with E-state index in [4.69, 9.17) is 13.9 Å². The van der Waals surface area contributed by atoms with Gasteiger partial charge in [0.2, 0.25) is 0 Å². The Morgan fingerprint density at radius 1 is 0.657 bits per heavy atom. The Bertz CT molecular complexity index is 1740. The molecule has 168 valence electrons. The molecule has 0 amide bonds. The molecule has 6 aromatic rings. The minimum Gasteiger partial charge on any atom is -0.497 e. The quantitative estimate of drug-likeness (QED) is 0.271. The summed E-state index contributed by atoms with van der Waals surface area (Å²) in [7, 11) is 1.68. The van der Waals surface area contributed by atoms with E-state index in [-0.39, 0.29) is 0 Å². The van der Waals surface area contributed by atoms with Crippen LogP contribution in [-0.4, -0.2) is 7.11 Å². The van der Waals surface area contributed by atoms with Gasteiger partial charge in [-0.1, -0.05) is 84.9 Å². The molecule has 0 bridgehead atoms. The summed E-state index contributed by atoms with van der Waals surface area (Å²) in [5, 5.41) is 4.49. The summed E-state index contributed by atoms with van der Waals surface area (Å²) in [6.45, 7) is 0. The van der Waals surface area contributed by atoms with Gasteiger partial charge in [0.05, 0.1) is 7.11 Å². The van der Waals surface area contributed by atoms with Gasteiger partial charge in [-0.2, -0.15) is 0 Å². The molecule has 1 aliphatic heterocycles. The molecule has 2 heterocycles. The van der Waals surface area contributed by atoms with Crippen molar-refractivity contribution in [2.24, 2.45) is 0 Å². The standard InChI is InChI=1S/C32H22O3/c1-33-23-17-15-22(16-18-23)32(21-9-3-2-4-10-21)20-19-26-24-11-5-6-12-25(24)29-27-13-7-8-14-28(27)34-31(29)30(26)35-32/h2-20H,1H3. The van der Waals surface area contributed by atoms with Crippen LogP contribution in [0.4, 0.5) is 0 Å². The van der Waals surface area contributed by atoms with E-state index in [0.29, 0.717) is 0 Å². The molecular formula is C32H22O3. The molecular weight excluding hydrogens is 432 g/mol. The number of ether oxygens (including phenoxy) is 2. The molecule has 1 atom stereocenters. The van der Waals surface area contributed by atoms with E-state index < -0.39 is 5.60 Å². The first kappa shape index (κ1) is 19.9. The molecule has 0 aliphatic carbocycles. The summed E-state index contributed by atoms with van der Waals surface area (Å²) in [6, 6.07) is 35.1. The molecule has 5 aromatic carbocycles. The molecule has 0 fully saturated rings. The number of benzene rings is 5. The van der Waals surface area contributed by atoms with Gasteiger partial charge >= 0.3 is 0 Å². The summed E-state index contributed by atoms with van der Waals surface area (Å²) >= 11 is 0. The summed E-state index contributed by atoms with van der Waals surface area (Å²) < 4.78 is 19.0. The van der Waals surface area contributed by atoms with Crippen LogP contribution in [-0.2, 0) is 5.60 Å².